The van der Waals surface area contributed by atoms with Gasteiger partial charge in [-0.25, -0.2) is 0 Å². The number of nitrogens with zero attached hydrogens (tertiary/aromatic N) is 3. The second-order valence-electron chi connectivity index (χ2n) is 6.61. The highest BCUT2D eigenvalue weighted by molar-refractivity contribution is 7.99. The van der Waals surface area contributed by atoms with Crippen LogP contribution in [-0.2, 0) is 23.2 Å². The Kier molecular flexibility index (Phi) is 7.96. The first-order valence-electron chi connectivity index (χ1n) is 9.51. The van der Waals surface area contributed by atoms with E-state index in [0.717, 1.165) is 0 Å². The third-order valence-electron chi connectivity index (χ3n) is 4.24. The molecule has 1 aromatic heterocycles. The van der Waals surface area contributed by atoms with Crippen molar-refractivity contribution < 1.29 is 19.1 Å². The summed E-state index contributed by atoms with van der Waals surface area (Å²) in [7, 11) is 3.30. The molecule has 0 saturated carbocycles. The van der Waals surface area contributed by atoms with Gasteiger partial charge >= 0.3 is 0 Å². The molecule has 32 heavy (non-hydrogen) atoms. The Bertz CT molecular complexity index is 1120. The van der Waals surface area contributed by atoms with Gasteiger partial charge in [0, 0.05) is 19.7 Å². The number of para-hydroxylation sites is 1. The van der Waals surface area contributed by atoms with Crippen LogP contribution in [0.15, 0.2) is 47.6 Å². The molecule has 0 aliphatic rings. The number of thioether (sulfide) groups is 1. The molecule has 0 aliphatic heterocycles. The van der Waals surface area contributed by atoms with Gasteiger partial charge in [-0.3, -0.25) is 9.59 Å². The summed E-state index contributed by atoms with van der Waals surface area (Å²) in [5.41, 5.74) is 1.01. The zero-order valence-corrected chi connectivity index (χ0v) is 19.3. The number of ether oxygens (including phenoxy) is 2. The van der Waals surface area contributed by atoms with Crippen LogP contribution in [0.5, 0.6) is 11.5 Å². The number of carbonyl (C=O) groups excluding carboxylic acids is 2. The summed E-state index contributed by atoms with van der Waals surface area (Å²) in [5, 5.41) is 14.8. The van der Waals surface area contributed by atoms with Crippen LogP contribution in [0.2, 0.25) is 5.02 Å². The van der Waals surface area contributed by atoms with E-state index in [4.69, 9.17) is 21.1 Å². The molecule has 1 heterocycles. The number of hydrogen-bond acceptors (Lipinski definition) is 7. The molecular formula is C21H22ClN5O4S. The van der Waals surface area contributed by atoms with Crippen LogP contribution in [0.3, 0.4) is 0 Å². The molecule has 2 amide bonds. The van der Waals surface area contributed by atoms with E-state index < -0.39 is 0 Å². The van der Waals surface area contributed by atoms with E-state index in [9.17, 15) is 9.59 Å². The maximum Gasteiger partial charge on any atom is 0.234 e. The number of anilines is 2. The highest BCUT2D eigenvalue weighted by Crippen LogP contribution is 2.28. The van der Waals surface area contributed by atoms with Crippen LogP contribution in [0.25, 0.3) is 0 Å². The molecule has 9 nitrogen and oxygen atoms in total. The third-order valence-corrected chi connectivity index (χ3v) is 5.58. The zero-order chi connectivity index (χ0) is 23.1. The van der Waals surface area contributed by atoms with Crippen LogP contribution in [-0.4, -0.2) is 39.4 Å². The van der Waals surface area contributed by atoms with Crippen LogP contribution >= 0.6 is 23.4 Å². The molecule has 3 rings (SSSR count). The Labute approximate surface area is 194 Å². The molecule has 0 atom stereocenters. The maximum atomic E-state index is 12.5. The molecule has 2 N–H and O–H groups in total. The van der Waals surface area contributed by atoms with Gasteiger partial charge in [-0.1, -0.05) is 35.5 Å². The van der Waals surface area contributed by atoms with Gasteiger partial charge in [-0.15, -0.1) is 10.2 Å². The summed E-state index contributed by atoms with van der Waals surface area (Å²) >= 11 is 7.33. The molecule has 0 unspecified atom stereocenters. The Balaban J connectivity index is 1.58. The Morgan fingerprint density at radius 3 is 2.62 bits per heavy atom. The van der Waals surface area contributed by atoms with Gasteiger partial charge in [0.25, 0.3) is 0 Å². The van der Waals surface area contributed by atoms with Crippen molar-refractivity contribution in [3.63, 3.8) is 0 Å². The lowest BCUT2D eigenvalue weighted by Gasteiger charge is -2.12. The van der Waals surface area contributed by atoms with E-state index in [1.165, 1.54) is 25.8 Å². The summed E-state index contributed by atoms with van der Waals surface area (Å²) in [6.45, 7) is 1.60. The predicted octanol–water partition coefficient (Wildman–Crippen LogP) is 3.75. The molecule has 0 bridgehead atoms. The van der Waals surface area contributed by atoms with Gasteiger partial charge in [0.1, 0.15) is 18.1 Å². The topological polar surface area (TPSA) is 107 Å². The third kappa shape index (κ3) is 6.14. The SMILES string of the molecule is COc1ccc(NC(C)=O)cc1NC(=O)CSc1nnc(COc2ccccc2Cl)n1C. The number of methoxy groups -OCH3 is 1. The van der Waals surface area contributed by atoms with Crippen LogP contribution in [0.4, 0.5) is 11.4 Å². The Hall–Kier alpha value is -3.24. The van der Waals surface area contributed by atoms with E-state index in [2.05, 4.69) is 20.8 Å². The number of carbonyl (C=O) groups is 2. The van der Waals surface area contributed by atoms with Crippen LogP contribution in [0, 0.1) is 0 Å². The number of halogens is 1. The normalized spacial score (nSPS) is 10.5. The minimum Gasteiger partial charge on any atom is -0.495 e. The second kappa shape index (κ2) is 10.9. The maximum absolute atomic E-state index is 12.5. The number of amides is 2. The summed E-state index contributed by atoms with van der Waals surface area (Å²) in [4.78, 5) is 23.8. The summed E-state index contributed by atoms with van der Waals surface area (Å²) < 4.78 is 12.7. The molecular weight excluding hydrogens is 454 g/mol. The highest BCUT2D eigenvalue weighted by atomic mass is 35.5. The number of aromatic nitrogens is 3. The number of rotatable bonds is 9. The van der Waals surface area contributed by atoms with Crippen LogP contribution in [0.1, 0.15) is 12.7 Å². The van der Waals surface area contributed by atoms with E-state index in [1.807, 2.05) is 12.1 Å². The first kappa shape index (κ1) is 23.4. The van der Waals surface area contributed by atoms with Gasteiger partial charge in [0.05, 0.1) is 23.6 Å². The van der Waals surface area contributed by atoms with Crippen molar-refractivity contribution >= 4 is 46.6 Å². The van der Waals surface area contributed by atoms with Gasteiger partial charge < -0.3 is 24.7 Å². The summed E-state index contributed by atoms with van der Waals surface area (Å²) in [5.74, 6) is 1.27. The van der Waals surface area contributed by atoms with Crippen molar-refractivity contribution in [3.8, 4) is 11.5 Å². The number of nitrogens with one attached hydrogen (secondary N) is 2. The molecule has 11 heteroatoms. The molecule has 0 saturated heterocycles. The highest BCUT2D eigenvalue weighted by Gasteiger charge is 2.14. The predicted molar refractivity (Wildman–Crippen MR) is 123 cm³/mol. The lowest BCUT2D eigenvalue weighted by Crippen LogP contribution is -2.16. The van der Waals surface area contributed by atoms with E-state index in [-0.39, 0.29) is 24.2 Å². The van der Waals surface area contributed by atoms with Crippen molar-refractivity contribution in [2.24, 2.45) is 7.05 Å². The lowest BCUT2D eigenvalue weighted by molar-refractivity contribution is -0.114. The Morgan fingerprint density at radius 2 is 1.91 bits per heavy atom. The van der Waals surface area contributed by atoms with Crippen molar-refractivity contribution in [2.75, 3.05) is 23.5 Å². The molecule has 0 aliphatic carbocycles. The van der Waals surface area contributed by atoms with E-state index in [0.29, 0.717) is 38.9 Å². The van der Waals surface area contributed by atoms with Crippen molar-refractivity contribution in [2.45, 2.75) is 18.7 Å². The molecule has 0 fully saturated rings. The van der Waals surface area contributed by atoms with Crippen molar-refractivity contribution in [1.82, 2.24) is 14.8 Å². The zero-order valence-electron chi connectivity index (χ0n) is 17.7. The largest absolute Gasteiger partial charge is 0.495 e. The number of hydrogen-bond donors (Lipinski definition) is 2. The fourth-order valence-corrected chi connectivity index (χ4v) is 3.62. The number of benzene rings is 2. The lowest BCUT2D eigenvalue weighted by atomic mass is 10.2. The van der Waals surface area contributed by atoms with Crippen molar-refractivity contribution in [3.05, 3.63) is 53.3 Å². The summed E-state index contributed by atoms with van der Waals surface area (Å²) in [6.07, 6.45) is 0. The molecule has 3 aromatic rings. The standard InChI is InChI=1S/C21H22ClN5O4S/c1-13(28)23-14-8-9-18(30-3)16(10-14)24-20(29)12-32-21-26-25-19(27(21)2)11-31-17-7-5-4-6-15(17)22/h4-10H,11-12H2,1-3H3,(H,23,28)(H,24,29). The average Bonchev–Trinajstić information content (AvgIpc) is 3.11. The monoisotopic (exact) mass is 475 g/mol. The molecule has 0 spiro atoms. The van der Waals surface area contributed by atoms with Crippen LogP contribution < -0.4 is 20.1 Å². The molecule has 168 valence electrons. The van der Waals surface area contributed by atoms with Gasteiger partial charge in [0.15, 0.2) is 11.0 Å². The minimum absolute atomic E-state index is 0.102. The Morgan fingerprint density at radius 1 is 1.12 bits per heavy atom. The van der Waals surface area contributed by atoms with E-state index >= 15 is 0 Å². The fraction of sp³-hybridized carbons (Fsp3) is 0.238. The quantitative estimate of drug-likeness (QED) is 0.454. The van der Waals surface area contributed by atoms with Crippen molar-refractivity contribution in [1.29, 1.82) is 0 Å². The smallest absolute Gasteiger partial charge is 0.234 e. The second-order valence-corrected chi connectivity index (χ2v) is 7.96. The van der Waals surface area contributed by atoms with Gasteiger partial charge in [-0.2, -0.15) is 0 Å². The first-order valence-corrected chi connectivity index (χ1v) is 10.9. The van der Waals surface area contributed by atoms with Gasteiger partial charge in [0.2, 0.25) is 11.8 Å². The van der Waals surface area contributed by atoms with E-state index in [1.54, 1.807) is 41.9 Å². The summed E-state index contributed by atoms with van der Waals surface area (Å²) in [6, 6.07) is 12.2. The van der Waals surface area contributed by atoms with Gasteiger partial charge in [-0.05, 0) is 30.3 Å². The molecule has 2 aromatic carbocycles. The fourth-order valence-electron chi connectivity index (χ4n) is 2.70. The minimum atomic E-state index is -0.259. The average molecular weight is 476 g/mol. The molecule has 0 radical (unpaired) electrons. The first-order chi connectivity index (χ1) is 15.4.